The van der Waals surface area contributed by atoms with Gasteiger partial charge in [0.1, 0.15) is 17.2 Å². The van der Waals surface area contributed by atoms with Crippen molar-refractivity contribution in [3.05, 3.63) is 91.9 Å². The average Bonchev–Trinajstić information content (AvgIpc) is 3.44. The first kappa shape index (κ1) is 32.3. The number of carbonyl (C=O) groups is 2. The van der Waals surface area contributed by atoms with Crippen molar-refractivity contribution >= 4 is 29.2 Å². The predicted octanol–water partition coefficient (Wildman–Crippen LogP) is 5.49. The lowest BCUT2D eigenvalue weighted by Crippen LogP contribution is -2.51. The van der Waals surface area contributed by atoms with E-state index in [1.54, 1.807) is 6.92 Å². The summed E-state index contributed by atoms with van der Waals surface area (Å²) >= 11 is 6.87. The van der Waals surface area contributed by atoms with Gasteiger partial charge in [-0.2, -0.15) is 5.10 Å². The number of aromatic nitrogens is 3. The van der Waals surface area contributed by atoms with Crippen LogP contribution in [0, 0.1) is 24.5 Å². The maximum absolute atomic E-state index is 15.6. The fraction of sp³-hybridized carbons (Fsp3) is 0.324. The van der Waals surface area contributed by atoms with Crippen molar-refractivity contribution in [2.24, 2.45) is 13.0 Å². The van der Waals surface area contributed by atoms with Gasteiger partial charge in [-0.25, -0.2) is 18.4 Å². The number of esters is 1. The first-order valence-electron chi connectivity index (χ1n) is 15.1. The summed E-state index contributed by atoms with van der Waals surface area (Å²) in [5.74, 6) is -2.20. The van der Waals surface area contributed by atoms with Crippen molar-refractivity contribution in [2.45, 2.75) is 32.7 Å². The Kier molecular flexibility index (Phi) is 8.82. The summed E-state index contributed by atoms with van der Waals surface area (Å²) in [6, 6.07) is 8.31. The normalized spacial score (nSPS) is 16.0. The van der Waals surface area contributed by atoms with Gasteiger partial charge < -0.3 is 14.8 Å². The Morgan fingerprint density at radius 2 is 1.83 bits per heavy atom. The number of likely N-dealkylation sites (tertiary alicyclic amines) is 1. The van der Waals surface area contributed by atoms with Gasteiger partial charge in [0.25, 0.3) is 11.5 Å². The zero-order valence-corrected chi connectivity index (χ0v) is 27.0. The number of methoxy groups -OCH3 is 1. The third kappa shape index (κ3) is 5.76. The van der Waals surface area contributed by atoms with Crippen LogP contribution in [0.25, 0.3) is 22.4 Å². The van der Waals surface area contributed by atoms with Gasteiger partial charge in [-0.05, 0) is 74.2 Å². The Labute approximate surface area is 274 Å². The average molecular weight is 664 g/mol. The zero-order chi connectivity index (χ0) is 33.6. The van der Waals surface area contributed by atoms with E-state index in [1.807, 2.05) is 6.07 Å². The number of halogens is 3. The van der Waals surface area contributed by atoms with Crippen molar-refractivity contribution in [1.82, 2.24) is 19.7 Å². The van der Waals surface area contributed by atoms with Crippen molar-refractivity contribution in [3.63, 3.8) is 0 Å². The number of fused-ring (bicyclic) bond motifs is 1. The molecule has 13 heteroatoms. The molecular formula is C34H32ClF2N5O5. The van der Waals surface area contributed by atoms with E-state index < -0.39 is 23.1 Å². The lowest BCUT2D eigenvalue weighted by atomic mass is 9.94. The molecule has 1 N–H and O–H groups in total. The minimum absolute atomic E-state index is 0.0217. The molecule has 1 fully saturated rings. The van der Waals surface area contributed by atoms with Crippen LogP contribution in [0.1, 0.15) is 46.4 Å². The van der Waals surface area contributed by atoms with E-state index in [0.717, 1.165) is 34.7 Å². The maximum Gasteiger partial charge on any atom is 0.311 e. The molecule has 0 spiro atoms. The first-order chi connectivity index (χ1) is 22.5. The summed E-state index contributed by atoms with van der Waals surface area (Å²) in [5.41, 5.74) is 2.00. The van der Waals surface area contributed by atoms with Crippen LogP contribution in [0.4, 0.5) is 14.5 Å². The first-order valence-corrected chi connectivity index (χ1v) is 15.5. The number of hydrogen-bond donors (Lipinski definition) is 1. The van der Waals surface area contributed by atoms with Crippen LogP contribution in [-0.4, -0.2) is 58.3 Å². The van der Waals surface area contributed by atoms with Gasteiger partial charge in [0.2, 0.25) is 5.88 Å². The third-order valence-corrected chi connectivity index (χ3v) is 9.22. The summed E-state index contributed by atoms with van der Waals surface area (Å²) in [5, 5.41) is 6.37. The zero-order valence-electron chi connectivity index (χ0n) is 26.2. The van der Waals surface area contributed by atoms with Crippen LogP contribution in [0.15, 0.2) is 47.4 Å². The number of nitrogens with zero attached hydrogens (tertiary/aromatic N) is 4. The molecular weight excluding hydrogens is 632 g/mol. The number of benzene rings is 2. The fourth-order valence-electron chi connectivity index (χ4n) is 6.39. The molecule has 10 nitrogen and oxygen atoms in total. The van der Waals surface area contributed by atoms with Crippen LogP contribution in [0.5, 0.6) is 5.88 Å². The molecule has 1 amide bonds. The highest BCUT2D eigenvalue weighted by Crippen LogP contribution is 2.47. The van der Waals surface area contributed by atoms with E-state index in [2.05, 4.69) is 15.3 Å². The molecule has 0 radical (unpaired) electrons. The molecule has 1 saturated heterocycles. The molecule has 1 atom stereocenters. The molecule has 0 bridgehead atoms. The fourth-order valence-corrected chi connectivity index (χ4v) is 6.73. The number of aryl methyl sites for hydroxylation is 2. The van der Waals surface area contributed by atoms with Crippen molar-refractivity contribution in [2.75, 3.05) is 32.1 Å². The topological polar surface area (TPSA) is 116 Å². The standard InChI is InChI=1S/C34H32ClF2N5O5/c1-5-47-34(45)19-15-42(16-19)26-11-6-18-14-25(40-32(46-4)28(18)26)20-7-8-23(37)29(30(20)35)27-17(2)24(10-9-22(27)36)39-31(43)21-12-13-38-41(3)33(21)44/h7-10,12-14,19,26H,5-6,11,15-16H2,1-4H3,(H,39,43)/t26-/m0/s1. The molecule has 1 aliphatic carbocycles. The van der Waals surface area contributed by atoms with Gasteiger partial charge in [0.15, 0.2) is 0 Å². The predicted molar refractivity (Wildman–Crippen MR) is 172 cm³/mol. The number of rotatable bonds is 8. The van der Waals surface area contributed by atoms with E-state index in [-0.39, 0.29) is 50.9 Å². The molecule has 4 aromatic rings. The Morgan fingerprint density at radius 1 is 1.11 bits per heavy atom. The molecule has 0 unspecified atom stereocenters. The highest BCUT2D eigenvalue weighted by atomic mass is 35.5. The number of hydrogen-bond acceptors (Lipinski definition) is 8. The van der Waals surface area contributed by atoms with Gasteiger partial charge >= 0.3 is 5.97 Å². The molecule has 3 heterocycles. The molecule has 47 heavy (non-hydrogen) atoms. The minimum Gasteiger partial charge on any atom is -0.481 e. The summed E-state index contributed by atoms with van der Waals surface area (Å²) < 4.78 is 43.0. The van der Waals surface area contributed by atoms with Crippen LogP contribution >= 0.6 is 11.6 Å². The summed E-state index contributed by atoms with van der Waals surface area (Å²) in [6.07, 6.45) is 2.85. The smallest absolute Gasteiger partial charge is 0.311 e. The molecule has 2 aromatic heterocycles. The molecule has 1 aliphatic heterocycles. The van der Waals surface area contributed by atoms with Crippen LogP contribution in [-0.2, 0) is 23.0 Å². The molecule has 6 rings (SSSR count). The molecule has 2 aromatic carbocycles. The molecule has 244 valence electrons. The van der Waals surface area contributed by atoms with E-state index >= 15 is 8.78 Å². The van der Waals surface area contributed by atoms with Crippen molar-refractivity contribution in [1.29, 1.82) is 0 Å². The van der Waals surface area contributed by atoms with Gasteiger partial charge in [-0.3, -0.25) is 19.3 Å². The SMILES string of the molecule is CCOC(=O)C1CN([C@H]2CCc3cc(-c4ccc(F)c(-c5c(F)ccc(NC(=O)c6ccnn(C)c6=O)c5C)c4Cl)nc(OC)c32)C1. The Hall–Kier alpha value is -4.68. The summed E-state index contributed by atoms with van der Waals surface area (Å²) in [6.45, 7) is 4.84. The number of amides is 1. The van der Waals surface area contributed by atoms with Gasteiger partial charge in [0.05, 0.1) is 30.4 Å². The number of pyridine rings is 1. The van der Waals surface area contributed by atoms with Crippen LogP contribution in [0.3, 0.4) is 0 Å². The highest BCUT2D eigenvalue weighted by Gasteiger charge is 2.42. The Bertz CT molecular complexity index is 1980. The molecule has 0 saturated carbocycles. The van der Waals surface area contributed by atoms with Crippen LogP contribution < -0.4 is 15.6 Å². The van der Waals surface area contributed by atoms with Gasteiger partial charge in [0, 0.05) is 60.3 Å². The van der Waals surface area contributed by atoms with E-state index in [0.29, 0.717) is 36.8 Å². The summed E-state index contributed by atoms with van der Waals surface area (Å²) in [7, 11) is 2.94. The lowest BCUT2D eigenvalue weighted by Gasteiger charge is -2.42. The maximum atomic E-state index is 15.6. The van der Waals surface area contributed by atoms with Crippen molar-refractivity contribution in [3.8, 4) is 28.3 Å². The van der Waals surface area contributed by atoms with Crippen LogP contribution in [0.2, 0.25) is 5.02 Å². The van der Waals surface area contributed by atoms with Gasteiger partial charge in [-0.1, -0.05) is 11.6 Å². The number of carbonyl (C=O) groups excluding carboxylic acids is 2. The summed E-state index contributed by atoms with van der Waals surface area (Å²) in [4.78, 5) is 44.5. The monoisotopic (exact) mass is 663 g/mol. The van der Waals surface area contributed by atoms with E-state index in [4.69, 9.17) is 26.1 Å². The van der Waals surface area contributed by atoms with E-state index in [1.165, 1.54) is 51.5 Å². The second-order valence-electron chi connectivity index (χ2n) is 11.6. The van der Waals surface area contributed by atoms with Crippen molar-refractivity contribution < 1.29 is 27.8 Å². The molecule has 2 aliphatic rings. The quantitative estimate of drug-likeness (QED) is 0.246. The number of ether oxygens (including phenoxy) is 2. The lowest BCUT2D eigenvalue weighted by molar-refractivity contribution is -0.155. The number of nitrogens with one attached hydrogen (secondary N) is 1. The number of anilines is 1. The minimum atomic E-state index is -0.769. The Balaban J connectivity index is 1.34. The second-order valence-corrected chi connectivity index (χ2v) is 11.9. The van der Waals surface area contributed by atoms with Gasteiger partial charge in [-0.15, -0.1) is 0 Å². The van der Waals surface area contributed by atoms with E-state index in [9.17, 15) is 14.4 Å². The highest BCUT2D eigenvalue weighted by molar-refractivity contribution is 6.36. The Morgan fingerprint density at radius 3 is 2.55 bits per heavy atom. The third-order valence-electron chi connectivity index (χ3n) is 8.82. The second kappa shape index (κ2) is 12.8. The largest absolute Gasteiger partial charge is 0.481 e.